The van der Waals surface area contributed by atoms with E-state index in [0.29, 0.717) is 6.04 Å². The summed E-state index contributed by atoms with van der Waals surface area (Å²) in [7, 11) is 2.05. The van der Waals surface area contributed by atoms with Crippen LogP contribution in [0.2, 0.25) is 0 Å². The number of aromatic nitrogens is 2. The van der Waals surface area contributed by atoms with Crippen molar-refractivity contribution in [2.75, 3.05) is 6.54 Å². The average Bonchev–Trinajstić information content (AvgIpc) is 2.77. The minimum Gasteiger partial charge on any atom is -0.338 e. The molecule has 0 radical (unpaired) electrons. The van der Waals surface area contributed by atoms with Gasteiger partial charge in [-0.15, -0.1) is 0 Å². The van der Waals surface area contributed by atoms with Gasteiger partial charge in [-0.3, -0.25) is 0 Å². The Morgan fingerprint density at radius 1 is 1.22 bits per heavy atom. The first-order valence-electron chi connectivity index (χ1n) is 6.53. The third-order valence-electron chi connectivity index (χ3n) is 3.17. The lowest BCUT2D eigenvalue weighted by Gasteiger charge is -2.17. The molecular formula is C15H21N3. The van der Waals surface area contributed by atoms with Crippen LogP contribution in [0, 0.1) is 0 Å². The third-order valence-corrected chi connectivity index (χ3v) is 3.17. The Morgan fingerprint density at radius 3 is 2.61 bits per heavy atom. The van der Waals surface area contributed by atoms with Crippen LogP contribution in [0.3, 0.4) is 0 Å². The summed E-state index contributed by atoms with van der Waals surface area (Å²) in [4.78, 5) is 4.40. The second-order valence-corrected chi connectivity index (χ2v) is 4.60. The molecule has 0 bridgehead atoms. The Labute approximate surface area is 109 Å². The molecule has 0 aliphatic heterocycles. The zero-order chi connectivity index (χ0) is 12.8. The minimum absolute atomic E-state index is 0.443. The van der Waals surface area contributed by atoms with Crippen LogP contribution >= 0.6 is 0 Å². The fourth-order valence-corrected chi connectivity index (χ4v) is 2.22. The standard InChI is InChI=1S/C15H21N3/c1-3-16-14(11-13-7-5-4-6-8-13)12-15-17-9-10-18(15)2/h4-10,14,16H,3,11-12H2,1-2H3. The molecule has 0 amide bonds. The molecule has 1 aromatic heterocycles. The lowest BCUT2D eigenvalue weighted by atomic mass is 10.0. The van der Waals surface area contributed by atoms with Gasteiger partial charge in [0.2, 0.25) is 0 Å². The summed E-state index contributed by atoms with van der Waals surface area (Å²) in [6.07, 6.45) is 5.87. The molecule has 1 aromatic carbocycles. The SMILES string of the molecule is CCNC(Cc1ccccc1)Cc1nccn1C. The maximum Gasteiger partial charge on any atom is 0.109 e. The van der Waals surface area contributed by atoms with E-state index in [4.69, 9.17) is 0 Å². The smallest absolute Gasteiger partial charge is 0.109 e. The van der Waals surface area contributed by atoms with E-state index in [-0.39, 0.29) is 0 Å². The molecule has 0 saturated heterocycles. The van der Waals surface area contributed by atoms with E-state index in [1.807, 2.05) is 19.4 Å². The molecule has 18 heavy (non-hydrogen) atoms. The predicted molar refractivity (Wildman–Crippen MR) is 74.5 cm³/mol. The first-order chi connectivity index (χ1) is 8.79. The van der Waals surface area contributed by atoms with Gasteiger partial charge in [-0.2, -0.15) is 0 Å². The highest BCUT2D eigenvalue weighted by Gasteiger charge is 2.11. The van der Waals surface area contributed by atoms with Crippen molar-refractivity contribution in [1.82, 2.24) is 14.9 Å². The molecule has 3 heteroatoms. The lowest BCUT2D eigenvalue weighted by molar-refractivity contribution is 0.504. The van der Waals surface area contributed by atoms with Gasteiger partial charge in [0.1, 0.15) is 5.82 Å². The topological polar surface area (TPSA) is 29.9 Å². The molecular weight excluding hydrogens is 222 g/mol. The summed E-state index contributed by atoms with van der Waals surface area (Å²) in [5, 5.41) is 3.54. The largest absolute Gasteiger partial charge is 0.338 e. The molecule has 2 aromatic rings. The van der Waals surface area contributed by atoms with Gasteiger partial charge in [-0.25, -0.2) is 4.98 Å². The number of likely N-dealkylation sites (N-methyl/N-ethyl adjacent to an activating group) is 1. The molecule has 1 heterocycles. The highest BCUT2D eigenvalue weighted by atomic mass is 15.0. The van der Waals surface area contributed by atoms with Crippen molar-refractivity contribution < 1.29 is 0 Å². The molecule has 0 saturated carbocycles. The van der Waals surface area contributed by atoms with Crippen molar-refractivity contribution in [2.24, 2.45) is 7.05 Å². The van der Waals surface area contributed by atoms with Crippen LogP contribution < -0.4 is 5.32 Å². The quantitative estimate of drug-likeness (QED) is 0.843. The monoisotopic (exact) mass is 243 g/mol. The Balaban J connectivity index is 2.02. The Morgan fingerprint density at radius 2 is 2.00 bits per heavy atom. The van der Waals surface area contributed by atoms with Crippen molar-refractivity contribution in [3.05, 3.63) is 54.1 Å². The van der Waals surface area contributed by atoms with Gasteiger partial charge in [0.15, 0.2) is 0 Å². The summed E-state index contributed by atoms with van der Waals surface area (Å²) in [6, 6.07) is 11.1. The van der Waals surface area contributed by atoms with Crippen molar-refractivity contribution >= 4 is 0 Å². The summed E-state index contributed by atoms with van der Waals surface area (Å²) in [6.45, 7) is 3.14. The van der Waals surface area contributed by atoms with Gasteiger partial charge in [-0.05, 0) is 18.5 Å². The predicted octanol–water partition coefficient (Wildman–Crippen LogP) is 2.18. The number of aryl methyl sites for hydroxylation is 1. The van der Waals surface area contributed by atoms with Crippen molar-refractivity contribution in [3.8, 4) is 0 Å². The molecule has 0 aliphatic rings. The van der Waals surface area contributed by atoms with Crippen LogP contribution in [-0.4, -0.2) is 22.1 Å². The number of nitrogens with zero attached hydrogens (tertiary/aromatic N) is 2. The number of rotatable bonds is 6. The van der Waals surface area contributed by atoms with Gasteiger partial charge in [-0.1, -0.05) is 37.3 Å². The summed E-state index contributed by atoms with van der Waals surface area (Å²) in [5.74, 6) is 1.14. The van der Waals surface area contributed by atoms with Gasteiger partial charge in [0.05, 0.1) is 0 Å². The first kappa shape index (κ1) is 12.8. The van der Waals surface area contributed by atoms with Crippen LogP contribution in [0.1, 0.15) is 18.3 Å². The normalized spacial score (nSPS) is 12.6. The molecule has 96 valence electrons. The molecule has 0 spiro atoms. The fourth-order valence-electron chi connectivity index (χ4n) is 2.22. The molecule has 0 aliphatic carbocycles. The zero-order valence-corrected chi connectivity index (χ0v) is 11.1. The Bertz CT molecular complexity index is 462. The Kier molecular flexibility index (Phi) is 4.53. The van der Waals surface area contributed by atoms with E-state index >= 15 is 0 Å². The molecule has 1 atom stereocenters. The number of nitrogens with one attached hydrogen (secondary N) is 1. The Hall–Kier alpha value is -1.61. The second kappa shape index (κ2) is 6.36. The zero-order valence-electron chi connectivity index (χ0n) is 11.1. The maximum atomic E-state index is 4.40. The molecule has 1 unspecified atom stereocenters. The van der Waals surface area contributed by atoms with E-state index in [2.05, 4.69) is 52.1 Å². The number of benzene rings is 1. The maximum absolute atomic E-state index is 4.40. The molecule has 1 N–H and O–H groups in total. The molecule has 3 nitrogen and oxygen atoms in total. The van der Waals surface area contributed by atoms with E-state index in [9.17, 15) is 0 Å². The van der Waals surface area contributed by atoms with Crippen molar-refractivity contribution in [1.29, 1.82) is 0 Å². The van der Waals surface area contributed by atoms with Crippen LogP contribution in [0.5, 0.6) is 0 Å². The average molecular weight is 243 g/mol. The third kappa shape index (κ3) is 3.44. The lowest BCUT2D eigenvalue weighted by Crippen LogP contribution is -2.33. The highest BCUT2D eigenvalue weighted by Crippen LogP contribution is 2.07. The van der Waals surface area contributed by atoms with E-state index in [1.54, 1.807) is 0 Å². The summed E-state index contributed by atoms with van der Waals surface area (Å²) >= 11 is 0. The van der Waals surface area contributed by atoms with Gasteiger partial charge in [0, 0.05) is 31.9 Å². The van der Waals surface area contributed by atoms with Crippen LogP contribution in [-0.2, 0) is 19.9 Å². The summed E-state index contributed by atoms with van der Waals surface area (Å²) < 4.78 is 2.09. The number of hydrogen-bond donors (Lipinski definition) is 1. The van der Waals surface area contributed by atoms with E-state index < -0.39 is 0 Å². The minimum atomic E-state index is 0.443. The van der Waals surface area contributed by atoms with Crippen molar-refractivity contribution in [3.63, 3.8) is 0 Å². The van der Waals surface area contributed by atoms with Crippen molar-refractivity contribution in [2.45, 2.75) is 25.8 Å². The fraction of sp³-hybridized carbons (Fsp3) is 0.400. The summed E-state index contributed by atoms with van der Waals surface area (Å²) in [5.41, 5.74) is 1.37. The van der Waals surface area contributed by atoms with Crippen LogP contribution in [0.25, 0.3) is 0 Å². The van der Waals surface area contributed by atoms with Gasteiger partial charge >= 0.3 is 0 Å². The second-order valence-electron chi connectivity index (χ2n) is 4.60. The highest BCUT2D eigenvalue weighted by molar-refractivity contribution is 5.16. The van der Waals surface area contributed by atoms with E-state index in [0.717, 1.165) is 25.2 Å². The van der Waals surface area contributed by atoms with Gasteiger partial charge in [0.25, 0.3) is 0 Å². The van der Waals surface area contributed by atoms with Crippen LogP contribution in [0.15, 0.2) is 42.7 Å². The van der Waals surface area contributed by atoms with Gasteiger partial charge < -0.3 is 9.88 Å². The first-order valence-corrected chi connectivity index (χ1v) is 6.53. The molecule has 2 rings (SSSR count). The number of hydrogen-bond acceptors (Lipinski definition) is 2. The van der Waals surface area contributed by atoms with E-state index in [1.165, 1.54) is 5.56 Å². The van der Waals surface area contributed by atoms with Crippen LogP contribution in [0.4, 0.5) is 0 Å². The number of imidazole rings is 1. The molecule has 0 fully saturated rings.